The number of halogens is 2. The highest BCUT2D eigenvalue weighted by atomic mass is 35.5. The highest BCUT2D eigenvalue weighted by Crippen LogP contribution is 2.29. The van der Waals surface area contributed by atoms with Crippen LogP contribution < -0.4 is 0 Å². The Balaban J connectivity index is 1.74. The quantitative estimate of drug-likeness (QED) is 0.815. The van der Waals surface area contributed by atoms with Gasteiger partial charge in [-0.3, -0.25) is 4.79 Å². The number of hydrogen-bond donors (Lipinski definition) is 0. The highest BCUT2D eigenvalue weighted by molar-refractivity contribution is 6.33. The molecule has 2 aromatic rings. The molecule has 20 heavy (non-hydrogen) atoms. The molecule has 0 aliphatic heterocycles. The Morgan fingerprint density at radius 3 is 2.35 bits per heavy atom. The molecule has 3 heteroatoms. The van der Waals surface area contributed by atoms with Crippen molar-refractivity contribution >= 4 is 29.0 Å². The minimum absolute atomic E-state index is 0.0717. The van der Waals surface area contributed by atoms with Gasteiger partial charge < -0.3 is 0 Å². The van der Waals surface area contributed by atoms with Crippen molar-refractivity contribution in [2.75, 3.05) is 0 Å². The van der Waals surface area contributed by atoms with Crippen molar-refractivity contribution in [1.82, 2.24) is 0 Å². The molecular weight excluding hydrogens is 291 g/mol. The summed E-state index contributed by atoms with van der Waals surface area (Å²) < 4.78 is 0. The fraction of sp³-hybridized carbons (Fsp3) is 0.235. The van der Waals surface area contributed by atoms with Gasteiger partial charge in [-0.05, 0) is 47.7 Å². The topological polar surface area (TPSA) is 17.1 Å². The van der Waals surface area contributed by atoms with Crippen molar-refractivity contribution in [2.45, 2.75) is 19.3 Å². The normalized spacial score (nSPS) is 14.3. The average Bonchev–Trinajstić information content (AvgIpc) is 2.87. The standard InChI is InChI=1S/C17H14Cl2O/c18-15-5-6-16(19)13(9-15)10-17(20)14-7-11-3-1-2-4-12(11)8-14/h1-6,9,14H,7-8,10H2. The molecule has 0 saturated carbocycles. The van der Waals surface area contributed by atoms with Crippen molar-refractivity contribution in [1.29, 1.82) is 0 Å². The molecular formula is C17H14Cl2O. The Morgan fingerprint density at radius 2 is 1.70 bits per heavy atom. The molecule has 0 unspecified atom stereocenters. The number of benzene rings is 2. The predicted molar refractivity (Wildman–Crippen MR) is 82.5 cm³/mol. The van der Waals surface area contributed by atoms with Crippen LogP contribution in [0.15, 0.2) is 42.5 Å². The molecule has 0 fully saturated rings. The minimum Gasteiger partial charge on any atom is -0.299 e. The third kappa shape index (κ3) is 2.74. The molecule has 1 nitrogen and oxygen atoms in total. The summed E-state index contributed by atoms with van der Waals surface area (Å²) in [5.41, 5.74) is 3.41. The van der Waals surface area contributed by atoms with E-state index in [1.165, 1.54) is 11.1 Å². The molecule has 0 amide bonds. The van der Waals surface area contributed by atoms with E-state index in [4.69, 9.17) is 23.2 Å². The monoisotopic (exact) mass is 304 g/mol. The maximum Gasteiger partial charge on any atom is 0.141 e. The average molecular weight is 305 g/mol. The zero-order chi connectivity index (χ0) is 14.1. The molecule has 0 radical (unpaired) electrons. The molecule has 0 N–H and O–H groups in total. The van der Waals surface area contributed by atoms with Crippen LogP contribution in [-0.4, -0.2) is 5.78 Å². The summed E-state index contributed by atoms with van der Waals surface area (Å²) in [6.45, 7) is 0. The summed E-state index contributed by atoms with van der Waals surface area (Å²) in [5.74, 6) is 0.313. The Labute approximate surface area is 128 Å². The zero-order valence-corrected chi connectivity index (χ0v) is 12.4. The maximum atomic E-state index is 12.4. The molecule has 0 bridgehead atoms. The number of fused-ring (bicyclic) bond motifs is 1. The molecule has 0 atom stereocenters. The van der Waals surface area contributed by atoms with E-state index in [0.29, 0.717) is 16.5 Å². The Morgan fingerprint density at radius 1 is 1.05 bits per heavy atom. The second kappa shape index (κ2) is 5.59. The lowest BCUT2D eigenvalue weighted by atomic mass is 9.95. The summed E-state index contributed by atoms with van der Waals surface area (Å²) >= 11 is 12.1. The summed E-state index contributed by atoms with van der Waals surface area (Å²) in [7, 11) is 0. The van der Waals surface area contributed by atoms with Gasteiger partial charge in [-0.2, -0.15) is 0 Å². The highest BCUT2D eigenvalue weighted by Gasteiger charge is 2.27. The van der Waals surface area contributed by atoms with Gasteiger partial charge in [0.15, 0.2) is 0 Å². The lowest BCUT2D eigenvalue weighted by Gasteiger charge is -2.09. The number of rotatable bonds is 3. The first kappa shape index (κ1) is 13.7. The molecule has 3 rings (SSSR count). The van der Waals surface area contributed by atoms with E-state index in [0.717, 1.165) is 18.4 Å². The Bertz CT molecular complexity index is 639. The van der Waals surface area contributed by atoms with Crippen LogP contribution in [0.4, 0.5) is 0 Å². The molecule has 1 aliphatic rings. The first-order chi connectivity index (χ1) is 9.63. The van der Waals surface area contributed by atoms with Crippen molar-refractivity contribution in [3.63, 3.8) is 0 Å². The van der Waals surface area contributed by atoms with Crippen LogP contribution in [0.25, 0.3) is 0 Å². The van der Waals surface area contributed by atoms with Crippen molar-refractivity contribution in [3.8, 4) is 0 Å². The van der Waals surface area contributed by atoms with E-state index >= 15 is 0 Å². The van der Waals surface area contributed by atoms with Gasteiger partial charge in [0.1, 0.15) is 5.78 Å². The van der Waals surface area contributed by atoms with Crippen LogP contribution in [0, 0.1) is 5.92 Å². The van der Waals surface area contributed by atoms with Gasteiger partial charge in [0, 0.05) is 22.4 Å². The van der Waals surface area contributed by atoms with E-state index in [-0.39, 0.29) is 11.7 Å². The minimum atomic E-state index is 0.0717. The van der Waals surface area contributed by atoms with Crippen molar-refractivity contribution in [2.24, 2.45) is 5.92 Å². The number of Topliss-reactive ketones (excluding diaryl/α,β-unsaturated/α-hetero) is 1. The largest absolute Gasteiger partial charge is 0.299 e. The summed E-state index contributed by atoms with van der Waals surface area (Å²) in [6, 6.07) is 13.5. The van der Waals surface area contributed by atoms with Gasteiger partial charge >= 0.3 is 0 Å². The van der Waals surface area contributed by atoms with Crippen molar-refractivity contribution < 1.29 is 4.79 Å². The van der Waals surface area contributed by atoms with Crippen molar-refractivity contribution in [3.05, 3.63) is 69.2 Å². The van der Waals surface area contributed by atoms with Crippen LogP contribution >= 0.6 is 23.2 Å². The van der Waals surface area contributed by atoms with Gasteiger partial charge in [0.25, 0.3) is 0 Å². The zero-order valence-electron chi connectivity index (χ0n) is 10.9. The lowest BCUT2D eigenvalue weighted by molar-refractivity contribution is -0.121. The predicted octanol–water partition coefficient (Wildman–Crippen LogP) is 4.52. The molecule has 1 aliphatic carbocycles. The van der Waals surface area contributed by atoms with Crippen LogP contribution in [0.3, 0.4) is 0 Å². The number of ketones is 1. The third-order valence-electron chi connectivity index (χ3n) is 3.88. The Kier molecular flexibility index (Phi) is 3.82. The van der Waals surface area contributed by atoms with Gasteiger partial charge in [0.05, 0.1) is 0 Å². The van der Waals surface area contributed by atoms with Crippen LogP contribution in [0.5, 0.6) is 0 Å². The van der Waals surface area contributed by atoms with Gasteiger partial charge in [-0.15, -0.1) is 0 Å². The van der Waals surface area contributed by atoms with Crippen LogP contribution in [0.1, 0.15) is 16.7 Å². The number of carbonyl (C=O) groups is 1. The van der Waals surface area contributed by atoms with Gasteiger partial charge in [0.2, 0.25) is 0 Å². The third-order valence-corrected chi connectivity index (χ3v) is 4.48. The van der Waals surface area contributed by atoms with Crippen LogP contribution in [0.2, 0.25) is 10.0 Å². The first-order valence-electron chi connectivity index (χ1n) is 6.67. The first-order valence-corrected chi connectivity index (χ1v) is 7.42. The maximum absolute atomic E-state index is 12.4. The summed E-state index contributed by atoms with van der Waals surface area (Å²) in [6.07, 6.45) is 2.04. The molecule has 0 aromatic heterocycles. The van der Waals surface area contributed by atoms with Gasteiger partial charge in [-0.1, -0.05) is 47.5 Å². The van der Waals surface area contributed by atoms with E-state index in [1.54, 1.807) is 18.2 Å². The molecule has 102 valence electrons. The summed E-state index contributed by atoms with van der Waals surface area (Å²) in [4.78, 5) is 12.4. The smallest absolute Gasteiger partial charge is 0.141 e. The molecule has 0 spiro atoms. The molecule has 0 heterocycles. The molecule has 0 saturated heterocycles. The van der Waals surface area contributed by atoms with E-state index < -0.39 is 0 Å². The fourth-order valence-corrected chi connectivity index (χ4v) is 3.18. The fourth-order valence-electron chi connectivity index (χ4n) is 2.80. The number of hydrogen-bond acceptors (Lipinski definition) is 1. The van der Waals surface area contributed by atoms with E-state index in [1.807, 2.05) is 12.1 Å². The van der Waals surface area contributed by atoms with E-state index in [2.05, 4.69) is 12.1 Å². The Hall–Kier alpha value is -1.31. The summed E-state index contributed by atoms with van der Waals surface area (Å²) in [5, 5.41) is 1.23. The van der Waals surface area contributed by atoms with Gasteiger partial charge in [-0.25, -0.2) is 0 Å². The second-order valence-corrected chi connectivity index (χ2v) is 6.10. The SMILES string of the molecule is O=C(Cc1cc(Cl)ccc1Cl)C1Cc2ccccc2C1. The van der Waals surface area contributed by atoms with Crippen LogP contribution in [-0.2, 0) is 24.1 Å². The molecule has 2 aromatic carbocycles. The number of carbonyl (C=O) groups excluding carboxylic acids is 1. The van der Waals surface area contributed by atoms with E-state index in [9.17, 15) is 4.79 Å². The second-order valence-electron chi connectivity index (χ2n) is 5.25. The lowest BCUT2D eigenvalue weighted by Crippen LogP contribution is -2.17.